The molecule has 3 rings (SSSR count). The highest BCUT2D eigenvalue weighted by molar-refractivity contribution is 7.53. The minimum absolute atomic E-state index is 0.345. The lowest BCUT2D eigenvalue weighted by atomic mass is 10.0. The van der Waals surface area contributed by atoms with Gasteiger partial charge in [-0.05, 0) is 66.8 Å². The van der Waals surface area contributed by atoms with Gasteiger partial charge < -0.3 is 15.1 Å². The quantitative estimate of drug-likeness (QED) is 0.381. The topological polar surface area (TPSA) is 112 Å². The van der Waals surface area contributed by atoms with Crippen molar-refractivity contribution in [3.63, 3.8) is 0 Å². The van der Waals surface area contributed by atoms with E-state index in [-0.39, 0.29) is 5.82 Å². The van der Waals surface area contributed by atoms with Crippen molar-refractivity contribution in [2.45, 2.75) is 19.0 Å². The molecule has 2 aromatic carbocycles. The molecule has 0 fully saturated rings. The van der Waals surface area contributed by atoms with E-state index in [1.807, 2.05) is 0 Å². The van der Waals surface area contributed by atoms with Crippen molar-refractivity contribution < 1.29 is 23.5 Å². The zero-order valence-corrected chi connectivity index (χ0v) is 17.8. The molecule has 0 unspecified atom stereocenters. The third kappa shape index (κ3) is 4.88. The molecule has 1 amide bonds. The van der Waals surface area contributed by atoms with Crippen LogP contribution in [0.5, 0.6) is 0 Å². The van der Waals surface area contributed by atoms with E-state index in [9.17, 15) is 23.5 Å². The smallest absolute Gasteiger partial charge is 0.324 e. The Morgan fingerprint density at radius 2 is 1.77 bits per heavy atom. The van der Waals surface area contributed by atoms with Gasteiger partial charge in [0.1, 0.15) is 11.5 Å². The molecule has 0 spiro atoms. The Hall–Kier alpha value is -2.71. The number of rotatable bonds is 6. The van der Waals surface area contributed by atoms with Crippen LogP contribution >= 0.6 is 19.1 Å². The molecule has 0 bridgehead atoms. The Labute approximate surface area is 176 Å². The molecule has 0 saturated heterocycles. The molecule has 1 heterocycles. The number of hydrogen-bond donors (Lipinski definition) is 3. The highest BCUT2D eigenvalue weighted by Gasteiger charge is 2.39. The molecule has 0 radical (unpaired) electrons. The summed E-state index contributed by atoms with van der Waals surface area (Å²) >= 11 is 1.14. The summed E-state index contributed by atoms with van der Waals surface area (Å²) in [5, 5.41) is 5.33. The van der Waals surface area contributed by atoms with Crippen LogP contribution in [0.4, 0.5) is 10.1 Å². The Morgan fingerprint density at radius 1 is 1.13 bits per heavy atom. The normalized spacial score (nSPS) is 12.3. The molecular formula is C20H19FN3O4PS. The first-order chi connectivity index (χ1) is 14.1. The minimum Gasteiger partial charge on any atom is -0.324 e. The SMILES string of the molecule is CC(C)(c1ccc(NC(=O)C=Cc2nnsc2-c2ccc(F)cc2)cc1)P(=O)(O)O. The number of amides is 1. The van der Waals surface area contributed by atoms with Gasteiger partial charge in [0.25, 0.3) is 0 Å². The summed E-state index contributed by atoms with van der Waals surface area (Å²) in [5.41, 5.74) is 2.17. The molecule has 0 atom stereocenters. The first kappa shape index (κ1) is 22.0. The maximum absolute atomic E-state index is 13.1. The molecule has 0 aliphatic carbocycles. The first-order valence-corrected chi connectivity index (χ1v) is 11.2. The third-order valence-corrected chi connectivity index (χ3v) is 7.10. The van der Waals surface area contributed by atoms with Gasteiger partial charge >= 0.3 is 7.60 Å². The number of anilines is 1. The van der Waals surface area contributed by atoms with Gasteiger partial charge in [0.05, 0.1) is 10.0 Å². The molecule has 0 saturated carbocycles. The highest BCUT2D eigenvalue weighted by atomic mass is 32.1. The van der Waals surface area contributed by atoms with E-state index in [1.165, 1.54) is 38.1 Å². The van der Waals surface area contributed by atoms with Crippen molar-refractivity contribution in [3.8, 4) is 10.4 Å². The number of hydrogen-bond acceptors (Lipinski definition) is 5. The van der Waals surface area contributed by atoms with Gasteiger partial charge in [-0.25, -0.2) is 4.39 Å². The second-order valence-corrected chi connectivity index (χ2v) is 9.96. The van der Waals surface area contributed by atoms with Crippen LogP contribution in [0, 0.1) is 5.82 Å². The van der Waals surface area contributed by atoms with Crippen molar-refractivity contribution in [1.29, 1.82) is 0 Å². The van der Waals surface area contributed by atoms with Crippen LogP contribution in [0.1, 0.15) is 25.1 Å². The summed E-state index contributed by atoms with van der Waals surface area (Å²) in [6.45, 7) is 2.93. The maximum atomic E-state index is 13.1. The van der Waals surface area contributed by atoms with Crippen molar-refractivity contribution in [1.82, 2.24) is 9.59 Å². The molecule has 0 aliphatic rings. The van der Waals surface area contributed by atoms with Crippen LogP contribution in [0.2, 0.25) is 0 Å². The fraction of sp³-hybridized carbons (Fsp3) is 0.150. The Balaban J connectivity index is 1.70. The van der Waals surface area contributed by atoms with Crippen LogP contribution in [-0.2, 0) is 14.5 Å². The predicted octanol–water partition coefficient (Wildman–Crippen LogP) is 4.41. The lowest BCUT2D eigenvalue weighted by Gasteiger charge is -2.26. The van der Waals surface area contributed by atoms with E-state index < -0.39 is 18.7 Å². The molecular weight excluding hydrogens is 428 g/mol. The first-order valence-electron chi connectivity index (χ1n) is 8.81. The molecule has 1 aromatic heterocycles. The Morgan fingerprint density at radius 3 is 2.37 bits per heavy atom. The van der Waals surface area contributed by atoms with Crippen molar-refractivity contribution in [3.05, 3.63) is 71.7 Å². The predicted molar refractivity (Wildman–Crippen MR) is 114 cm³/mol. The third-order valence-electron chi connectivity index (χ3n) is 4.60. The van der Waals surface area contributed by atoms with E-state index in [2.05, 4.69) is 14.9 Å². The molecule has 7 nitrogen and oxygen atoms in total. The summed E-state index contributed by atoms with van der Waals surface area (Å²) in [6.07, 6.45) is 2.82. The van der Waals surface area contributed by atoms with Crippen LogP contribution in [-0.4, -0.2) is 25.3 Å². The number of benzene rings is 2. The van der Waals surface area contributed by atoms with E-state index >= 15 is 0 Å². The van der Waals surface area contributed by atoms with Gasteiger partial charge in [-0.15, -0.1) is 5.10 Å². The van der Waals surface area contributed by atoms with Crippen LogP contribution in [0.15, 0.2) is 54.6 Å². The molecule has 10 heteroatoms. The number of nitrogens with one attached hydrogen (secondary N) is 1. The lowest BCUT2D eigenvalue weighted by molar-refractivity contribution is -0.111. The summed E-state index contributed by atoms with van der Waals surface area (Å²) in [6, 6.07) is 12.2. The molecule has 30 heavy (non-hydrogen) atoms. The van der Waals surface area contributed by atoms with Crippen LogP contribution in [0.3, 0.4) is 0 Å². The molecule has 3 N–H and O–H groups in total. The number of carbonyl (C=O) groups excluding carboxylic acids is 1. The number of aromatic nitrogens is 2. The molecule has 156 valence electrons. The summed E-state index contributed by atoms with van der Waals surface area (Å²) in [4.78, 5) is 31.9. The second-order valence-electron chi connectivity index (χ2n) is 7.00. The van der Waals surface area contributed by atoms with Gasteiger partial charge in [0.2, 0.25) is 5.91 Å². The summed E-state index contributed by atoms with van der Waals surface area (Å²) in [7, 11) is -4.34. The van der Waals surface area contributed by atoms with Crippen LogP contribution in [0.25, 0.3) is 16.5 Å². The zero-order chi connectivity index (χ0) is 21.9. The van der Waals surface area contributed by atoms with Crippen molar-refractivity contribution in [2.75, 3.05) is 5.32 Å². The second kappa shape index (κ2) is 8.57. The Kier molecular flexibility index (Phi) is 6.28. The Bertz CT molecular complexity index is 1120. The van der Waals surface area contributed by atoms with E-state index in [1.54, 1.807) is 36.4 Å². The fourth-order valence-corrected chi connectivity index (χ4v) is 3.72. The monoisotopic (exact) mass is 447 g/mol. The van der Waals surface area contributed by atoms with E-state index in [0.717, 1.165) is 17.1 Å². The van der Waals surface area contributed by atoms with Gasteiger partial charge in [-0.2, -0.15) is 0 Å². The van der Waals surface area contributed by atoms with Crippen molar-refractivity contribution in [2.24, 2.45) is 0 Å². The molecule has 0 aliphatic heterocycles. The summed E-state index contributed by atoms with van der Waals surface area (Å²) < 4.78 is 28.6. The molecule has 3 aromatic rings. The minimum atomic E-state index is -4.34. The highest BCUT2D eigenvalue weighted by Crippen LogP contribution is 2.56. The van der Waals surface area contributed by atoms with Gasteiger partial charge in [-0.3, -0.25) is 9.36 Å². The number of halogens is 1. The van der Waals surface area contributed by atoms with Gasteiger partial charge in [-0.1, -0.05) is 28.8 Å². The van der Waals surface area contributed by atoms with Gasteiger partial charge in [0.15, 0.2) is 0 Å². The van der Waals surface area contributed by atoms with E-state index in [4.69, 9.17) is 0 Å². The zero-order valence-electron chi connectivity index (χ0n) is 16.1. The maximum Gasteiger partial charge on any atom is 0.335 e. The van der Waals surface area contributed by atoms with Crippen molar-refractivity contribution >= 4 is 36.8 Å². The van der Waals surface area contributed by atoms with E-state index in [0.29, 0.717) is 21.8 Å². The average Bonchev–Trinajstić information content (AvgIpc) is 3.15. The average molecular weight is 447 g/mol. The number of carbonyl (C=O) groups is 1. The van der Waals surface area contributed by atoms with Gasteiger partial charge in [0, 0.05) is 11.8 Å². The van der Waals surface area contributed by atoms with Crippen LogP contribution < -0.4 is 5.32 Å². The lowest BCUT2D eigenvalue weighted by Crippen LogP contribution is -2.17. The largest absolute Gasteiger partial charge is 0.335 e. The number of nitrogens with zero attached hydrogens (tertiary/aromatic N) is 2. The summed E-state index contributed by atoms with van der Waals surface area (Å²) in [5.74, 6) is -0.752. The fourth-order valence-electron chi connectivity index (χ4n) is 2.58. The standard InChI is InChI=1S/C20H19FN3O4PS/c1-20(2,29(26,27)28)14-5-9-16(10-6-14)22-18(25)12-11-17-19(30-24-23-17)13-3-7-15(21)8-4-13/h3-12H,1-2H3,(H,22,25)(H2,26,27,28).